The van der Waals surface area contributed by atoms with E-state index in [-0.39, 0.29) is 18.2 Å². The summed E-state index contributed by atoms with van der Waals surface area (Å²) in [7, 11) is 4.06. The fourth-order valence-corrected chi connectivity index (χ4v) is 3.29. The van der Waals surface area contributed by atoms with E-state index < -0.39 is 5.97 Å². The topological polar surface area (TPSA) is 73.6 Å². The SMILES string of the molecule is CN(C)CCC1c2cc(CC(=O)O)ccc2OC(=N)c2ccccc21. The van der Waals surface area contributed by atoms with Gasteiger partial charge in [-0.15, -0.1) is 0 Å². The summed E-state index contributed by atoms with van der Waals surface area (Å²) in [5.41, 5.74) is 3.55. The maximum atomic E-state index is 11.1. The average molecular weight is 338 g/mol. The molecule has 1 unspecified atom stereocenters. The van der Waals surface area contributed by atoms with Crippen LogP contribution >= 0.6 is 0 Å². The summed E-state index contributed by atoms with van der Waals surface area (Å²) in [6, 6.07) is 13.3. The van der Waals surface area contributed by atoms with Gasteiger partial charge in [-0.1, -0.05) is 30.3 Å². The zero-order valence-corrected chi connectivity index (χ0v) is 14.5. The molecule has 0 aliphatic carbocycles. The summed E-state index contributed by atoms with van der Waals surface area (Å²) in [6.45, 7) is 0.884. The van der Waals surface area contributed by atoms with Crippen molar-refractivity contribution < 1.29 is 14.6 Å². The number of fused-ring (bicyclic) bond motifs is 2. The minimum Gasteiger partial charge on any atom is -0.481 e. The van der Waals surface area contributed by atoms with E-state index in [1.54, 1.807) is 12.1 Å². The van der Waals surface area contributed by atoms with E-state index >= 15 is 0 Å². The van der Waals surface area contributed by atoms with Crippen molar-refractivity contribution in [3.05, 3.63) is 64.7 Å². The normalized spacial score (nSPS) is 16.0. The van der Waals surface area contributed by atoms with Crippen LogP contribution in [0.5, 0.6) is 5.75 Å². The standard InChI is InChI=1S/C20H22N2O3/c1-22(2)10-9-15-14-5-3-4-6-16(14)20(21)25-18-8-7-13(11-17(15)18)12-19(23)24/h3-8,11,15,21H,9-10,12H2,1-2H3,(H,23,24). The summed E-state index contributed by atoms with van der Waals surface area (Å²) in [5, 5.41) is 17.4. The van der Waals surface area contributed by atoms with Crippen LogP contribution in [0.2, 0.25) is 0 Å². The van der Waals surface area contributed by atoms with Crippen molar-refractivity contribution in [2.24, 2.45) is 0 Å². The maximum Gasteiger partial charge on any atom is 0.307 e. The van der Waals surface area contributed by atoms with Crippen molar-refractivity contribution in [1.29, 1.82) is 5.41 Å². The lowest BCUT2D eigenvalue weighted by Gasteiger charge is -2.21. The highest BCUT2D eigenvalue weighted by molar-refractivity contribution is 5.96. The molecule has 2 aromatic carbocycles. The van der Waals surface area contributed by atoms with Crippen molar-refractivity contribution >= 4 is 11.9 Å². The highest BCUT2D eigenvalue weighted by Gasteiger charge is 2.27. The van der Waals surface area contributed by atoms with Crippen molar-refractivity contribution in [1.82, 2.24) is 4.90 Å². The second-order valence-electron chi connectivity index (χ2n) is 6.61. The molecule has 3 rings (SSSR count). The summed E-state index contributed by atoms with van der Waals surface area (Å²) in [6.07, 6.45) is 0.844. The zero-order chi connectivity index (χ0) is 18.0. The molecule has 130 valence electrons. The molecular formula is C20H22N2O3. The predicted molar refractivity (Wildman–Crippen MR) is 96.7 cm³/mol. The number of hydrogen-bond acceptors (Lipinski definition) is 4. The molecule has 1 atom stereocenters. The Labute approximate surface area is 147 Å². The highest BCUT2D eigenvalue weighted by atomic mass is 16.5. The van der Waals surface area contributed by atoms with E-state index in [1.807, 2.05) is 44.4 Å². The Balaban J connectivity index is 2.11. The lowest BCUT2D eigenvalue weighted by Crippen LogP contribution is -2.17. The number of hydrogen-bond donors (Lipinski definition) is 2. The number of carboxylic acid groups (broad SMARTS) is 1. The molecule has 2 N–H and O–H groups in total. The molecule has 0 amide bonds. The summed E-state index contributed by atoms with van der Waals surface area (Å²) in [4.78, 5) is 13.2. The molecule has 0 spiro atoms. The number of nitrogens with one attached hydrogen (secondary N) is 1. The van der Waals surface area contributed by atoms with Gasteiger partial charge in [0.1, 0.15) is 5.75 Å². The van der Waals surface area contributed by atoms with Crippen LogP contribution < -0.4 is 4.74 Å². The van der Waals surface area contributed by atoms with Crippen LogP contribution in [0, 0.1) is 5.41 Å². The Morgan fingerprint density at radius 1 is 1.20 bits per heavy atom. The van der Waals surface area contributed by atoms with E-state index in [9.17, 15) is 4.79 Å². The third-order valence-electron chi connectivity index (χ3n) is 4.46. The van der Waals surface area contributed by atoms with Gasteiger partial charge in [-0.05, 0) is 50.3 Å². The van der Waals surface area contributed by atoms with Crippen molar-refractivity contribution in [3.8, 4) is 5.75 Å². The Morgan fingerprint density at radius 2 is 1.96 bits per heavy atom. The second-order valence-corrected chi connectivity index (χ2v) is 6.61. The maximum absolute atomic E-state index is 11.1. The van der Waals surface area contributed by atoms with Crippen LogP contribution in [0.3, 0.4) is 0 Å². The smallest absolute Gasteiger partial charge is 0.307 e. The Bertz CT molecular complexity index is 814. The van der Waals surface area contributed by atoms with Gasteiger partial charge in [0.2, 0.25) is 5.90 Å². The highest BCUT2D eigenvalue weighted by Crippen LogP contribution is 2.39. The molecule has 1 heterocycles. The van der Waals surface area contributed by atoms with Crippen LogP contribution in [0.1, 0.15) is 34.6 Å². The summed E-state index contributed by atoms with van der Waals surface area (Å²) in [5.74, 6) is -0.0213. The van der Waals surface area contributed by atoms with E-state index in [1.165, 1.54) is 0 Å². The molecule has 0 saturated carbocycles. The molecule has 5 nitrogen and oxygen atoms in total. The molecule has 0 aromatic heterocycles. The zero-order valence-electron chi connectivity index (χ0n) is 14.5. The first-order valence-corrected chi connectivity index (χ1v) is 8.30. The van der Waals surface area contributed by atoms with Gasteiger partial charge in [-0.25, -0.2) is 0 Å². The van der Waals surface area contributed by atoms with Gasteiger partial charge < -0.3 is 14.7 Å². The average Bonchev–Trinajstić information content (AvgIpc) is 2.67. The van der Waals surface area contributed by atoms with Crippen LogP contribution in [-0.4, -0.2) is 42.5 Å². The second kappa shape index (κ2) is 7.07. The largest absolute Gasteiger partial charge is 0.481 e. The summed E-state index contributed by atoms with van der Waals surface area (Å²) >= 11 is 0. The number of ether oxygens (including phenoxy) is 1. The van der Waals surface area contributed by atoms with E-state index in [0.717, 1.165) is 35.2 Å². The molecule has 25 heavy (non-hydrogen) atoms. The first kappa shape index (κ1) is 17.2. The lowest BCUT2D eigenvalue weighted by molar-refractivity contribution is -0.136. The minimum atomic E-state index is -0.854. The van der Waals surface area contributed by atoms with Crippen LogP contribution in [0.4, 0.5) is 0 Å². The molecule has 0 radical (unpaired) electrons. The lowest BCUT2D eigenvalue weighted by atomic mass is 9.85. The van der Waals surface area contributed by atoms with E-state index in [2.05, 4.69) is 4.90 Å². The third-order valence-corrected chi connectivity index (χ3v) is 4.46. The molecule has 0 saturated heterocycles. The minimum absolute atomic E-state index is 0.0211. The van der Waals surface area contributed by atoms with Gasteiger partial charge in [-0.2, -0.15) is 0 Å². The molecule has 2 aromatic rings. The van der Waals surface area contributed by atoms with E-state index in [4.69, 9.17) is 15.3 Å². The van der Waals surface area contributed by atoms with Crippen LogP contribution in [0.25, 0.3) is 0 Å². The van der Waals surface area contributed by atoms with Crippen molar-refractivity contribution in [2.45, 2.75) is 18.8 Å². The van der Waals surface area contributed by atoms with Gasteiger partial charge in [0.05, 0.1) is 6.42 Å². The van der Waals surface area contributed by atoms with Gasteiger partial charge in [-0.3, -0.25) is 10.2 Å². The molecule has 5 heteroatoms. The quantitative estimate of drug-likeness (QED) is 0.878. The van der Waals surface area contributed by atoms with Crippen LogP contribution in [0.15, 0.2) is 42.5 Å². The third kappa shape index (κ3) is 3.72. The van der Waals surface area contributed by atoms with Gasteiger partial charge in [0, 0.05) is 17.0 Å². The summed E-state index contributed by atoms with van der Waals surface area (Å²) < 4.78 is 5.80. The molecular weight excluding hydrogens is 316 g/mol. The number of rotatable bonds is 5. The number of nitrogens with zero attached hydrogens (tertiary/aromatic N) is 1. The number of carboxylic acids is 1. The van der Waals surface area contributed by atoms with Gasteiger partial charge in [0.15, 0.2) is 0 Å². The number of carbonyl (C=O) groups is 1. The first-order chi connectivity index (χ1) is 12.0. The molecule has 0 fully saturated rings. The fraction of sp³-hybridized carbons (Fsp3) is 0.300. The number of benzene rings is 2. The number of aliphatic carboxylic acids is 1. The van der Waals surface area contributed by atoms with Crippen molar-refractivity contribution in [3.63, 3.8) is 0 Å². The first-order valence-electron chi connectivity index (χ1n) is 8.30. The Kier molecular flexibility index (Phi) is 4.86. The van der Waals surface area contributed by atoms with Crippen LogP contribution in [-0.2, 0) is 11.2 Å². The van der Waals surface area contributed by atoms with E-state index in [0.29, 0.717) is 5.75 Å². The molecule has 0 bridgehead atoms. The van der Waals surface area contributed by atoms with Gasteiger partial charge >= 0.3 is 5.97 Å². The fourth-order valence-electron chi connectivity index (χ4n) is 3.29. The van der Waals surface area contributed by atoms with Crippen molar-refractivity contribution in [2.75, 3.05) is 20.6 Å². The molecule has 1 aliphatic rings. The monoisotopic (exact) mass is 338 g/mol. The van der Waals surface area contributed by atoms with Gasteiger partial charge in [0.25, 0.3) is 0 Å². The Morgan fingerprint density at radius 3 is 2.68 bits per heavy atom. The predicted octanol–water partition coefficient (Wildman–Crippen LogP) is 3.12. The Hall–Kier alpha value is -2.66. The molecule has 1 aliphatic heterocycles.